The molecule has 29 heavy (non-hydrogen) atoms. The Labute approximate surface area is 169 Å². The SMILES string of the molecule is Cc1ccc([C@@H](CNC(=O)c2cccc(-n3cnnn3)c2)N2CCOCC2)cc1. The van der Waals surface area contributed by atoms with Gasteiger partial charge in [-0.2, -0.15) is 0 Å². The van der Waals surface area contributed by atoms with Crippen molar-refractivity contribution < 1.29 is 9.53 Å². The second-order valence-corrected chi connectivity index (χ2v) is 7.09. The molecule has 1 aliphatic heterocycles. The fraction of sp³-hybridized carbons (Fsp3) is 0.333. The number of ether oxygens (including phenoxy) is 1. The number of nitrogens with zero attached hydrogens (tertiary/aromatic N) is 5. The summed E-state index contributed by atoms with van der Waals surface area (Å²) < 4.78 is 7.03. The molecule has 0 bridgehead atoms. The van der Waals surface area contributed by atoms with Crippen molar-refractivity contribution in [1.82, 2.24) is 30.4 Å². The Bertz CT molecular complexity index is 936. The molecule has 8 heteroatoms. The lowest BCUT2D eigenvalue weighted by Gasteiger charge is -2.35. The van der Waals surface area contributed by atoms with E-state index in [0.29, 0.717) is 25.3 Å². The number of nitrogens with one attached hydrogen (secondary N) is 1. The van der Waals surface area contributed by atoms with Crippen LogP contribution in [0.4, 0.5) is 0 Å². The van der Waals surface area contributed by atoms with Crippen LogP contribution in [0.1, 0.15) is 27.5 Å². The molecule has 8 nitrogen and oxygen atoms in total. The van der Waals surface area contributed by atoms with E-state index in [0.717, 1.165) is 18.8 Å². The second-order valence-electron chi connectivity index (χ2n) is 7.09. The quantitative estimate of drug-likeness (QED) is 0.688. The number of aryl methyl sites for hydroxylation is 1. The number of aromatic nitrogens is 4. The summed E-state index contributed by atoms with van der Waals surface area (Å²) in [6, 6.07) is 15.9. The molecule has 1 aromatic heterocycles. The van der Waals surface area contributed by atoms with Crippen molar-refractivity contribution in [2.24, 2.45) is 0 Å². The third kappa shape index (κ3) is 4.67. The predicted octanol–water partition coefficient (Wildman–Crippen LogP) is 1.77. The minimum absolute atomic E-state index is 0.103. The Morgan fingerprint density at radius 1 is 1.17 bits per heavy atom. The molecule has 1 fully saturated rings. The van der Waals surface area contributed by atoms with Gasteiger partial charge in [0.15, 0.2) is 0 Å². The van der Waals surface area contributed by atoms with E-state index in [1.807, 2.05) is 12.1 Å². The Kier molecular flexibility index (Phi) is 5.92. The predicted molar refractivity (Wildman–Crippen MR) is 108 cm³/mol. The van der Waals surface area contributed by atoms with Crippen LogP contribution in [0.3, 0.4) is 0 Å². The third-order valence-electron chi connectivity index (χ3n) is 5.13. The van der Waals surface area contributed by atoms with E-state index < -0.39 is 0 Å². The summed E-state index contributed by atoms with van der Waals surface area (Å²) in [6.07, 6.45) is 1.50. The first kappa shape index (κ1) is 19.2. The van der Waals surface area contributed by atoms with Gasteiger partial charge in [-0.15, -0.1) is 5.10 Å². The lowest BCUT2D eigenvalue weighted by Crippen LogP contribution is -2.43. The number of tetrazole rings is 1. The van der Waals surface area contributed by atoms with Crippen molar-refractivity contribution in [2.45, 2.75) is 13.0 Å². The zero-order valence-corrected chi connectivity index (χ0v) is 16.4. The first-order valence-electron chi connectivity index (χ1n) is 9.71. The Hall–Kier alpha value is -3.10. The fourth-order valence-corrected chi connectivity index (χ4v) is 3.50. The van der Waals surface area contributed by atoms with E-state index in [2.05, 4.69) is 56.9 Å². The summed E-state index contributed by atoms with van der Waals surface area (Å²) in [5.74, 6) is -0.120. The smallest absolute Gasteiger partial charge is 0.251 e. The molecule has 0 aliphatic carbocycles. The minimum Gasteiger partial charge on any atom is -0.379 e. The van der Waals surface area contributed by atoms with Gasteiger partial charge in [-0.25, -0.2) is 4.68 Å². The van der Waals surface area contributed by atoms with E-state index in [1.54, 1.807) is 12.1 Å². The number of amides is 1. The minimum atomic E-state index is -0.120. The van der Waals surface area contributed by atoms with Crippen LogP contribution in [0.25, 0.3) is 5.69 Å². The van der Waals surface area contributed by atoms with E-state index >= 15 is 0 Å². The zero-order chi connectivity index (χ0) is 20.1. The highest BCUT2D eigenvalue weighted by atomic mass is 16.5. The summed E-state index contributed by atoms with van der Waals surface area (Å²) in [7, 11) is 0. The standard InChI is InChI=1S/C21H24N6O2/c1-16-5-7-17(8-6-16)20(26-9-11-29-12-10-26)14-22-21(28)18-3-2-4-19(13-18)27-15-23-24-25-27/h2-8,13,15,20H,9-12,14H2,1H3,(H,22,28)/t20-/m1/s1. The van der Waals surface area contributed by atoms with Gasteiger partial charge in [0.2, 0.25) is 0 Å². The van der Waals surface area contributed by atoms with E-state index in [-0.39, 0.29) is 11.9 Å². The van der Waals surface area contributed by atoms with E-state index in [4.69, 9.17) is 4.74 Å². The normalized spacial score (nSPS) is 15.8. The highest BCUT2D eigenvalue weighted by Crippen LogP contribution is 2.22. The number of carbonyl (C=O) groups excluding carboxylic acids is 1. The van der Waals surface area contributed by atoms with Gasteiger partial charge in [0.05, 0.1) is 24.9 Å². The first-order chi connectivity index (χ1) is 14.2. The Morgan fingerprint density at radius 2 is 1.97 bits per heavy atom. The van der Waals surface area contributed by atoms with Crippen LogP contribution in [-0.4, -0.2) is 63.9 Å². The average Bonchev–Trinajstić information content (AvgIpc) is 3.31. The van der Waals surface area contributed by atoms with Crippen molar-refractivity contribution >= 4 is 5.91 Å². The van der Waals surface area contributed by atoms with E-state index in [9.17, 15) is 4.79 Å². The molecule has 2 heterocycles. The maximum Gasteiger partial charge on any atom is 0.251 e. The molecule has 2 aromatic carbocycles. The highest BCUT2D eigenvalue weighted by Gasteiger charge is 2.23. The lowest BCUT2D eigenvalue weighted by atomic mass is 10.0. The molecular formula is C21H24N6O2. The van der Waals surface area contributed by atoms with Gasteiger partial charge in [0, 0.05) is 25.2 Å². The van der Waals surface area contributed by atoms with Crippen molar-refractivity contribution in [3.05, 3.63) is 71.5 Å². The molecule has 1 N–H and O–H groups in total. The molecular weight excluding hydrogens is 368 g/mol. The highest BCUT2D eigenvalue weighted by molar-refractivity contribution is 5.94. The van der Waals surface area contributed by atoms with Gasteiger partial charge in [-0.1, -0.05) is 35.9 Å². The second kappa shape index (κ2) is 8.93. The maximum atomic E-state index is 12.8. The van der Waals surface area contributed by atoms with Crippen LogP contribution >= 0.6 is 0 Å². The lowest BCUT2D eigenvalue weighted by molar-refractivity contribution is 0.0162. The van der Waals surface area contributed by atoms with Gasteiger partial charge in [0.25, 0.3) is 5.91 Å². The number of hydrogen-bond donors (Lipinski definition) is 1. The average molecular weight is 392 g/mol. The van der Waals surface area contributed by atoms with Crippen LogP contribution in [0.15, 0.2) is 54.9 Å². The summed E-state index contributed by atoms with van der Waals surface area (Å²) in [5.41, 5.74) is 3.73. The molecule has 1 atom stereocenters. The van der Waals surface area contributed by atoms with Crippen LogP contribution < -0.4 is 5.32 Å². The Morgan fingerprint density at radius 3 is 2.69 bits per heavy atom. The first-order valence-corrected chi connectivity index (χ1v) is 9.71. The maximum absolute atomic E-state index is 12.8. The summed E-state index contributed by atoms with van der Waals surface area (Å²) in [4.78, 5) is 15.2. The van der Waals surface area contributed by atoms with Crippen molar-refractivity contribution in [3.8, 4) is 5.69 Å². The molecule has 0 radical (unpaired) electrons. The van der Waals surface area contributed by atoms with Gasteiger partial charge in [-0.05, 0) is 41.1 Å². The summed E-state index contributed by atoms with van der Waals surface area (Å²) >= 11 is 0. The number of benzene rings is 2. The molecule has 4 rings (SSSR count). The summed E-state index contributed by atoms with van der Waals surface area (Å²) in [6.45, 7) is 5.73. The molecule has 150 valence electrons. The molecule has 0 unspecified atom stereocenters. The Balaban J connectivity index is 1.48. The number of rotatable bonds is 6. The van der Waals surface area contributed by atoms with Crippen LogP contribution in [0.2, 0.25) is 0 Å². The molecule has 0 saturated carbocycles. The van der Waals surface area contributed by atoms with Gasteiger partial charge >= 0.3 is 0 Å². The topological polar surface area (TPSA) is 85.2 Å². The largest absolute Gasteiger partial charge is 0.379 e. The van der Waals surface area contributed by atoms with Gasteiger partial charge in [-0.3, -0.25) is 9.69 Å². The van der Waals surface area contributed by atoms with Gasteiger partial charge < -0.3 is 10.1 Å². The number of hydrogen-bond acceptors (Lipinski definition) is 6. The number of morpholine rings is 1. The summed E-state index contributed by atoms with van der Waals surface area (Å²) in [5, 5.41) is 14.3. The molecule has 1 amide bonds. The van der Waals surface area contributed by atoms with Crippen LogP contribution in [0, 0.1) is 6.92 Å². The molecule has 1 aliphatic rings. The zero-order valence-electron chi connectivity index (χ0n) is 16.4. The third-order valence-corrected chi connectivity index (χ3v) is 5.13. The van der Waals surface area contributed by atoms with Gasteiger partial charge in [0.1, 0.15) is 6.33 Å². The van der Waals surface area contributed by atoms with Crippen LogP contribution in [-0.2, 0) is 4.74 Å². The van der Waals surface area contributed by atoms with Crippen molar-refractivity contribution in [2.75, 3.05) is 32.8 Å². The number of carbonyl (C=O) groups is 1. The monoisotopic (exact) mass is 392 g/mol. The molecule has 1 saturated heterocycles. The molecule has 3 aromatic rings. The molecule has 0 spiro atoms. The van der Waals surface area contributed by atoms with E-state index in [1.165, 1.54) is 22.1 Å². The fourth-order valence-electron chi connectivity index (χ4n) is 3.50. The van der Waals surface area contributed by atoms with Crippen molar-refractivity contribution in [3.63, 3.8) is 0 Å². The van der Waals surface area contributed by atoms with Crippen LogP contribution in [0.5, 0.6) is 0 Å². The van der Waals surface area contributed by atoms with Crippen molar-refractivity contribution in [1.29, 1.82) is 0 Å².